The van der Waals surface area contributed by atoms with Gasteiger partial charge in [-0.15, -0.1) is 0 Å². The lowest BCUT2D eigenvalue weighted by atomic mass is 9.99. The molecular formula is C12H17NO. The van der Waals surface area contributed by atoms with E-state index in [0.29, 0.717) is 0 Å². The topological polar surface area (TPSA) is 23.5 Å². The lowest BCUT2D eigenvalue weighted by Gasteiger charge is -2.09. The first kappa shape index (κ1) is 9.69. The SMILES string of the molecule is CC(O)Cc1cccc2c1CN(C)C2. The van der Waals surface area contributed by atoms with Crippen molar-refractivity contribution in [3.05, 3.63) is 34.9 Å². The minimum atomic E-state index is -0.243. The Balaban J connectivity index is 2.30. The highest BCUT2D eigenvalue weighted by Crippen LogP contribution is 2.25. The fraction of sp³-hybridized carbons (Fsp3) is 0.500. The van der Waals surface area contributed by atoms with Gasteiger partial charge in [-0.25, -0.2) is 0 Å². The maximum absolute atomic E-state index is 9.39. The van der Waals surface area contributed by atoms with E-state index in [0.717, 1.165) is 19.5 Å². The van der Waals surface area contributed by atoms with Crippen LogP contribution in [-0.2, 0) is 19.5 Å². The van der Waals surface area contributed by atoms with Crippen LogP contribution in [0.25, 0.3) is 0 Å². The van der Waals surface area contributed by atoms with Crippen molar-refractivity contribution in [1.82, 2.24) is 4.90 Å². The van der Waals surface area contributed by atoms with Gasteiger partial charge in [0.05, 0.1) is 6.10 Å². The fourth-order valence-electron chi connectivity index (χ4n) is 2.17. The van der Waals surface area contributed by atoms with Crippen LogP contribution in [0.3, 0.4) is 0 Å². The zero-order valence-corrected chi connectivity index (χ0v) is 8.83. The first-order valence-corrected chi connectivity index (χ1v) is 5.13. The van der Waals surface area contributed by atoms with E-state index in [1.165, 1.54) is 16.7 Å². The summed E-state index contributed by atoms with van der Waals surface area (Å²) in [4.78, 5) is 2.30. The molecule has 76 valence electrons. The van der Waals surface area contributed by atoms with Gasteiger partial charge < -0.3 is 5.11 Å². The van der Waals surface area contributed by atoms with Gasteiger partial charge in [0.2, 0.25) is 0 Å². The van der Waals surface area contributed by atoms with Crippen molar-refractivity contribution in [3.8, 4) is 0 Å². The minimum absolute atomic E-state index is 0.243. The summed E-state index contributed by atoms with van der Waals surface area (Å²) in [6.45, 7) is 3.92. The summed E-state index contributed by atoms with van der Waals surface area (Å²) < 4.78 is 0. The number of hydrogen-bond donors (Lipinski definition) is 1. The molecule has 0 fully saturated rings. The Morgan fingerprint density at radius 2 is 2.21 bits per heavy atom. The van der Waals surface area contributed by atoms with E-state index in [1.54, 1.807) is 0 Å². The van der Waals surface area contributed by atoms with E-state index < -0.39 is 0 Å². The summed E-state index contributed by atoms with van der Waals surface area (Å²) in [5.74, 6) is 0. The molecule has 1 N–H and O–H groups in total. The van der Waals surface area contributed by atoms with Crippen molar-refractivity contribution in [2.75, 3.05) is 7.05 Å². The summed E-state index contributed by atoms with van der Waals surface area (Å²) in [6, 6.07) is 6.41. The Morgan fingerprint density at radius 3 is 2.93 bits per heavy atom. The zero-order chi connectivity index (χ0) is 10.1. The number of nitrogens with zero attached hydrogens (tertiary/aromatic N) is 1. The van der Waals surface area contributed by atoms with Crippen LogP contribution in [0, 0.1) is 0 Å². The van der Waals surface area contributed by atoms with Crippen molar-refractivity contribution in [1.29, 1.82) is 0 Å². The van der Waals surface area contributed by atoms with Crippen LogP contribution in [0.15, 0.2) is 18.2 Å². The van der Waals surface area contributed by atoms with Crippen LogP contribution in [0.4, 0.5) is 0 Å². The molecule has 1 atom stereocenters. The normalized spacial score (nSPS) is 18.2. The number of rotatable bonds is 2. The van der Waals surface area contributed by atoms with Crippen molar-refractivity contribution in [2.24, 2.45) is 0 Å². The molecule has 0 spiro atoms. The van der Waals surface area contributed by atoms with Crippen molar-refractivity contribution in [3.63, 3.8) is 0 Å². The fourth-order valence-corrected chi connectivity index (χ4v) is 2.17. The smallest absolute Gasteiger partial charge is 0.0552 e. The van der Waals surface area contributed by atoms with Crippen LogP contribution < -0.4 is 0 Å². The highest BCUT2D eigenvalue weighted by atomic mass is 16.3. The van der Waals surface area contributed by atoms with Gasteiger partial charge in [0.15, 0.2) is 0 Å². The third kappa shape index (κ3) is 1.81. The van der Waals surface area contributed by atoms with Crippen LogP contribution in [0.5, 0.6) is 0 Å². The Labute approximate surface area is 85.2 Å². The average Bonchev–Trinajstić information content (AvgIpc) is 2.45. The molecule has 1 unspecified atom stereocenters. The number of benzene rings is 1. The molecular weight excluding hydrogens is 174 g/mol. The van der Waals surface area contributed by atoms with Gasteiger partial charge in [-0.3, -0.25) is 4.90 Å². The van der Waals surface area contributed by atoms with E-state index in [9.17, 15) is 5.11 Å². The molecule has 0 saturated carbocycles. The molecule has 1 heterocycles. The predicted molar refractivity (Wildman–Crippen MR) is 57.0 cm³/mol. The molecule has 0 aliphatic carbocycles. The van der Waals surface area contributed by atoms with Gasteiger partial charge in [-0.2, -0.15) is 0 Å². The first-order chi connectivity index (χ1) is 6.66. The standard InChI is InChI=1S/C12H17NO/c1-9(14)6-10-4-3-5-11-7-13(2)8-12(10)11/h3-5,9,14H,6-8H2,1-2H3. The van der Waals surface area contributed by atoms with Crippen LogP contribution in [0.1, 0.15) is 23.6 Å². The summed E-state index contributed by atoms with van der Waals surface area (Å²) in [7, 11) is 2.13. The van der Waals surface area contributed by atoms with Gasteiger partial charge in [0, 0.05) is 13.1 Å². The highest BCUT2D eigenvalue weighted by Gasteiger charge is 2.18. The molecule has 1 aromatic carbocycles. The molecule has 0 radical (unpaired) electrons. The monoisotopic (exact) mass is 191 g/mol. The van der Waals surface area contributed by atoms with E-state index in [4.69, 9.17) is 0 Å². The number of aliphatic hydroxyl groups excluding tert-OH is 1. The maximum atomic E-state index is 9.39. The van der Waals surface area contributed by atoms with Crippen LogP contribution in [0.2, 0.25) is 0 Å². The van der Waals surface area contributed by atoms with Crippen LogP contribution >= 0.6 is 0 Å². The van der Waals surface area contributed by atoms with Gasteiger partial charge in [-0.05, 0) is 37.1 Å². The molecule has 0 saturated heterocycles. The van der Waals surface area contributed by atoms with E-state index >= 15 is 0 Å². The van der Waals surface area contributed by atoms with Crippen LogP contribution in [-0.4, -0.2) is 23.2 Å². The Bertz CT molecular complexity index is 333. The summed E-state index contributed by atoms with van der Waals surface area (Å²) in [5.41, 5.74) is 4.16. The number of hydrogen-bond acceptors (Lipinski definition) is 2. The van der Waals surface area contributed by atoms with Crippen molar-refractivity contribution in [2.45, 2.75) is 32.5 Å². The largest absolute Gasteiger partial charge is 0.393 e. The van der Waals surface area contributed by atoms with E-state index in [-0.39, 0.29) is 6.10 Å². The Morgan fingerprint density at radius 1 is 1.43 bits per heavy atom. The molecule has 2 rings (SSSR count). The summed E-state index contributed by atoms with van der Waals surface area (Å²) >= 11 is 0. The lowest BCUT2D eigenvalue weighted by molar-refractivity contribution is 0.195. The second-order valence-electron chi connectivity index (χ2n) is 4.28. The van der Waals surface area contributed by atoms with Gasteiger partial charge >= 0.3 is 0 Å². The van der Waals surface area contributed by atoms with Gasteiger partial charge in [0.25, 0.3) is 0 Å². The molecule has 0 bridgehead atoms. The van der Waals surface area contributed by atoms with Crippen molar-refractivity contribution < 1.29 is 5.11 Å². The Hall–Kier alpha value is -0.860. The maximum Gasteiger partial charge on any atom is 0.0552 e. The molecule has 0 aromatic heterocycles. The first-order valence-electron chi connectivity index (χ1n) is 5.13. The summed E-state index contributed by atoms with van der Waals surface area (Å²) in [6.07, 6.45) is 0.532. The zero-order valence-electron chi connectivity index (χ0n) is 8.83. The van der Waals surface area contributed by atoms with E-state index in [2.05, 4.69) is 30.1 Å². The number of aliphatic hydroxyl groups is 1. The lowest BCUT2D eigenvalue weighted by Crippen LogP contribution is -2.09. The molecule has 1 aromatic rings. The Kier molecular flexibility index (Phi) is 2.57. The van der Waals surface area contributed by atoms with Gasteiger partial charge in [-0.1, -0.05) is 18.2 Å². The minimum Gasteiger partial charge on any atom is -0.393 e. The molecule has 14 heavy (non-hydrogen) atoms. The summed E-state index contributed by atoms with van der Waals surface area (Å²) in [5, 5.41) is 9.39. The quantitative estimate of drug-likeness (QED) is 0.766. The molecule has 2 heteroatoms. The second kappa shape index (κ2) is 3.71. The third-order valence-corrected chi connectivity index (χ3v) is 2.75. The second-order valence-corrected chi connectivity index (χ2v) is 4.28. The molecule has 2 nitrogen and oxygen atoms in total. The van der Waals surface area contributed by atoms with Crippen molar-refractivity contribution >= 4 is 0 Å². The third-order valence-electron chi connectivity index (χ3n) is 2.75. The number of fused-ring (bicyclic) bond motifs is 1. The van der Waals surface area contributed by atoms with E-state index in [1.807, 2.05) is 6.92 Å². The highest BCUT2D eigenvalue weighted by molar-refractivity contribution is 5.38. The average molecular weight is 191 g/mol. The molecule has 1 aliphatic rings. The molecule has 1 aliphatic heterocycles. The van der Waals surface area contributed by atoms with Gasteiger partial charge in [0.1, 0.15) is 0 Å². The predicted octanol–water partition coefficient (Wildman–Crippen LogP) is 1.56. The molecule has 0 amide bonds.